The van der Waals surface area contributed by atoms with Gasteiger partial charge in [0.1, 0.15) is 26.6 Å². The Morgan fingerprint density at radius 1 is 0.333 bits per heavy atom. The number of methoxy groups -OCH3 is 4. The van der Waals surface area contributed by atoms with E-state index in [0.29, 0.717) is 19.3 Å². The van der Waals surface area contributed by atoms with Gasteiger partial charge in [-0.05, 0) is 124 Å². The van der Waals surface area contributed by atoms with Crippen LogP contribution >= 0.6 is 0 Å². The van der Waals surface area contributed by atoms with Crippen LogP contribution in [0.4, 0.5) is 0 Å². The van der Waals surface area contributed by atoms with Crippen LogP contribution in [0.15, 0.2) is 0 Å². The highest BCUT2D eigenvalue weighted by Crippen LogP contribution is 2.56. The van der Waals surface area contributed by atoms with Gasteiger partial charge in [0.2, 0.25) is 0 Å². The van der Waals surface area contributed by atoms with Crippen molar-refractivity contribution in [3.05, 3.63) is 0 Å². The summed E-state index contributed by atoms with van der Waals surface area (Å²) in [5, 5.41) is 0. The number of hydrogen-bond acceptors (Lipinski definition) is 20. The third-order valence-electron chi connectivity index (χ3n) is 17.1. The number of fused-ring (bicyclic) bond motifs is 8. The van der Waals surface area contributed by atoms with Crippen LogP contribution < -0.4 is 0 Å². The fourth-order valence-corrected chi connectivity index (χ4v) is 14.2. The van der Waals surface area contributed by atoms with Crippen LogP contribution in [0.5, 0.6) is 0 Å². The molecule has 0 aromatic heterocycles. The van der Waals surface area contributed by atoms with Crippen LogP contribution in [0.2, 0.25) is 0 Å². The lowest BCUT2D eigenvalue weighted by atomic mass is 9.79. The van der Waals surface area contributed by atoms with E-state index in [1.165, 1.54) is 28.4 Å². The Morgan fingerprint density at radius 2 is 0.594 bits per heavy atom. The second-order valence-electron chi connectivity index (χ2n) is 20.9. The van der Waals surface area contributed by atoms with E-state index in [9.17, 15) is 33.6 Å². The number of hydrogen-bond donors (Lipinski definition) is 0. The van der Waals surface area contributed by atoms with Crippen molar-refractivity contribution in [3.8, 4) is 0 Å². The molecule has 8 bridgehead atoms. The molecule has 0 heterocycles. The first-order valence-corrected chi connectivity index (χ1v) is 24.7. The minimum Gasteiger partial charge on any atom is -0.464 e. The van der Waals surface area contributed by atoms with Gasteiger partial charge in [0.05, 0.1) is 59.6 Å². The highest BCUT2D eigenvalue weighted by atomic mass is 16.7. The van der Waals surface area contributed by atoms with Gasteiger partial charge in [-0.3, -0.25) is 33.6 Å². The Bertz CT molecular complexity index is 1700. The number of carbonyl (C=O) groups is 7. The van der Waals surface area contributed by atoms with E-state index in [4.69, 9.17) is 61.6 Å². The first-order valence-electron chi connectivity index (χ1n) is 24.7. The normalized spacial score (nSPS) is 36.2. The van der Waals surface area contributed by atoms with Gasteiger partial charge in [-0.1, -0.05) is 0 Å². The minimum absolute atomic E-state index is 0.0751. The van der Waals surface area contributed by atoms with Gasteiger partial charge in [0.25, 0.3) is 0 Å². The predicted molar refractivity (Wildman–Crippen MR) is 231 cm³/mol. The van der Waals surface area contributed by atoms with Crippen LogP contribution in [-0.4, -0.2) is 137 Å². The maximum atomic E-state index is 14.4. The van der Waals surface area contributed by atoms with Crippen molar-refractivity contribution in [1.29, 1.82) is 0 Å². The van der Waals surface area contributed by atoms with Crippen molar-refractivity contribution in [2.75, 3.05) is 88.8 Å². The summed E-state index contributed by atoms with van der Waals surface area (Å²) in [4.78, 5) is 96.4. The largest absolute Gasteiger partial charge is 0.464 e. The molecule has 386 valence electrons. The summed E-state index contributed by atoms with van der Waals surface area (Å²) in [5.74, 6) is -9.86. The quantitative estimate of drug-likeness (QED) is 0.0521. The highest BCUT2D eigenvalue weighted by molar-refractivity contribution is 5.85. The molecular formula is C49H70O20. The van der Waals surface area contributed by atoms with Gasteiger partial charge in [-0.15, -0.1) is 0 Å². The Kier molecular flexibility index (Phi) is 17.2. The first kappa shape index (κ1) is 51.4. The molecule has 8 aliphatic carbocycles. The maximum Gasteiger partial charge on any atom is 0.313 e. The lowest BCUT2D eigenvalue weighted by Gasteiger charge is -2.36. The monoisotopic (exact) mass is 978 g/mol. The number of esters is 7. The van der Waals surface area contributed by atoms with Gasteiger partial charge in [0.15, 0.2) is 27.2 Å². The predicted octanol–water partition coefficient (Wildman–Crippen LogP) is 3.58. The molecular weight excluding hydrogens is 909 g/mol. The van der Waals surface area contributed by atoms with Crippen molar-refractivity contribution in [2.45, 2.75) is 83.2 Å². The summed E-state index contributed by atoms with van der Waals surface area (Å²) in [6.45, 7) is -3.17. The zero-order chi connectivity index (χ0) is 48.8. The molecule has 0 aromatic rings. The molecule has 8 rings (SSSR count). The molecule has 16 atom stereocenters. The summed E-state index contributed by atoms with van der Waals surface area (Å²) in [5.41, 5.74) is -1.59. The molecule has 0 saturated heterocycles. The molecule has 0 aromatic carbocycles. The summed E-state index contributed by atoms with van der Waals surface area (Å²) >= 11 is 0. The fourth-order valence-electron chi connectivity index (χ4n) is 14.2. The molecule has 8 aliphatic rings. The summed E-state index contributed by atoms with van der Waals surface area (Å²) in [6, 6.07) is 0. The molecule has 20 heteroatoms. The van der Waals surface area contributed by atoms with Crippen molar-refractivity contribution in [3.63, 3.8) is 0 Å². The third-order valence-corrected chi connectivity index (χ3v) is 17.1. The summed E-state index contributed by atoms with van der Waals surface area (Å²) in [6.07, 6.45) is 8.36. The average molecular weight is 979 g/mol. The Hall–Kier alpha value is -3.95. The van der Waals surface area contributed by atoms with Gasteiger partial charge in [0, 0.05) is 28.4 Å². The van der Waals surface area contributed by atoms with Gasteiger partial charge < -0.3 is 61.6 Å². The standard InChI is InChI=1S/C49H70O20/c1-57-21-66-45(53)37-29-8-5-26(13-29)34(37)42(50)62-18-49(17-61-25-65-41-33-12-11-32(16-33)40(41)48(56)69-24-60-4,19-63-43(51)35-27-6-9-30(14-27)38(35)46(54)67-22-58-2)20-64-44(52)36-28-7-10-31(15-28)39(36)47(55)68-23-59-3/h26-41H,5-25H2,1-4H3. The van der Waals surface area contributed by atoms with E-state index in [1.807, 2.05) is 0 Å². The third kappa shape index (κ3) is 11.0. The van der Waals surface area contributed by atoms with Crippen molar-refractivity contribution < 1.29 is 95.1 Å². The van der Waals surface area contributed by atoms with E-state index in [1.54, 1.807) is 0 Å². The van der Waals surface area contributed by atoms with E-state index in [-0.39, 0.29) is 87.9 Å². The summed E-state index contributed by atoms with van der Waals surface area (Å²) < 4.78 is 72.5. The Balaban J connectivity index is 1.05. The minimum atomic E-state index is -1.59. The number of ether oxygens (including phenoxy) is 13. The van der Waals surface area contributed by atoms with E-state index in [0.717, 1.165) is 57.8 Å². The zero-order valence-corrected chi connectivity index (χ0v) is 40.3. The molecule has 69 heavy (non-hydrogen) atoms. The second-order valence-corrected chi connectivity index (χ2v) is 20.9. The van der Waals surface area contributed by atoms with E-state index in [2.05, 4.69) is 0 Å². The summed E-state index contributed by atoms with van der Waals surface area (Å²) in [7, 11) is 5.62. The molecule has 8 saturated carbocycles. The molecule has 0 aliphatic heterocycles. The zero-order valence-electron chi connectivity index (χ0n) is 40.3. The lowest BCUT2D eigenvalue weighted by molar-refractivity contribution is -0.192. The smallest absolute Gasteiger partial charge is 0.313 e. The molecule has 0 spiro atoms. The fraction of sp³-hybridized carbons (Fsp3) is 0.857. The lowest BCUT2D eigenvalue weighted by Crippen LogP contribution is -2.47. The van der Waals surface area contributed by atoms with E-state index >= 15 is 0 Å². The topological polar surface area (TPSA) is 239 Å². The van der Waals surface area contributed by atoms with Crippen molar-refractivity contribution in [1.82, 2.24) is 0 Å². The first-order chi connectivity index (χ1) is 33.4. The maximum absolute atomic E-state index is 14.4. The molecule has 16 unspecified atom stereocenters. The average Bonchev–Trinajstić information content (AvgIpc) is 4.24. The van der Waals surface area contributed by atoms with Crippen LogP contribution in [0, 0.1) is 94.2 Å². The highest BCUT2D eigenvalue weighted by Gasteiger charge is 2.59. The molecule has 0 N–H and O–H groups in total. The van der Waals surface area contributed by atoms with Crippen LogP contribution in [0.25, 0.3) is 0 Å². The van der Waals surface area contributed by atoms with Crippen LogP contribution in [0.3, 0.4) is 0 Å². The second kappa shape index (κ2) is 23.1. The van der Waals surface area contributed by atoms with Gasteiger partial charge >= 0.3 is 41.8 Å². The van der Waals surface area contributed by atoms with Crippen LogP contribution in [-0.2, 0) is 95.1 Å². The molecule has 8 fully saturated rings. The molecule has 0 radical (unpaired) electrons. The van der Waals surface area contributed by atoms with Gasteiger partial charge in [-0.25, -0.2) is 0 Å². The molecule has 0 amide bonds. The Labute approximate surface area is 402 Å². The Morgan fingerprint density at radius 3 is 0.913 bits per heavy atom. The molecule has 20 nitrogen and oxygen atoms in total. The number of rotatable bonds is 26. The SMILES string of the molecule is COCOC(=O)C1C2CCC(C2)C1OCOCC(COC(=O)C1C2CCC(C2)C1C(=O)OCOC)(COC(=O)C1C2CCC(C2)C1C(=O)OCOC)COC(=O)C1C2CCC(C2)C1C(=O)OCOC. The van der Waals surface area contributed by atoms with Crippen molar-refractivity contribution >= 4 is 41.8 Å². The number of carbonyl (C=O) groups excluding carboxylic acids is 7. The van der Waals surface area contributed by atoms with E-state index < -0.39 is 115 Å². The van der Waals surface area contributed by atoms with Crippen LogP contribution in [0.1, 0.15) is 77.0 Å². The van der Waals surface area contributed by atoms with Gasteiger partial charge in [-0.2, -0.15) is 0 Å². The van der Waals surface area contributed by atoms with Crippen molar-refractivity contribution in [2.24, 2.45) is 94.2 Å².